The van der Waals surface area contributed by atoms with Crippen LogP contribution in [0.15, 0.2) is 65.4 Å². The quantitative estimate of drug-likeness (QED) is 0.328. The molecule has 9 heteroatoms. The highest BCUT2D eigenvalue weighted by molar-refractivity contribution is 5.95. The number of aryl methyl sites for hydroxylation is 2. The molecule has 1 aliphatic heterocycles. The molecule has 1 fully saturated rings. The number of anilines is 1. The van der Waals surface area contributed by atoms with Gasteiger partial charge in [0, 0.05) is 23.7 Å². The number of morpholine rings is 1. The second-order valence-corrected chi connectivity index (χ2v) is 10.6. The molecule has 5 aromatic rings. The van der Waals surface area contributed by atoms with Crippen molar-refractivity contribution in [3.8, 4) is 22.5 Å². The number of benzene rings is 2. The molecule has 1 saturated heterocycles. The summed E-state index contributed by atoms with van der Waals surface area (Å²) in [5.74, 6) is 2.20. The topological polar surface area (TPSA) is 102 Å². The van der Waals surface area contributed by atoms with Gasteiger partial charge in [-0.1, -0.05) is 41.6 Å². The van der Waals surface area contributed by atoms with Gasteiger partial charge in [-0.25, -0.2) is 9.97 Å². The first kappa shape index (κ1) is 25.2. The fraction of sp³-hybridized carbons (Fsp3) is 0.333. The molecule has 4 heterocycles. The summed E-state index contributed by atoms with van der Waals surface area (Å²) in [4.78, 5) is 12.5. The lowest BCUT2D eigenvalue weighted by Crippen LogP contribution is -2.40. The van der Waals surface area contributed by atoms with Gasteiger partial charge in [-0.3, -0.25) is 4.68 Å². The van der Waals surface area contributed by atoms with Crippen LogP contribution in [-0.4, -0.2) is 56.4 Å². The summed E-state index contributed by atoms with van der Waals surface area (Å²) in [5.41, 5.74) is 5.10. The van der Waals surface area contributed by atoms with Crippen LogP contribution in [0.1, 0.15) is 36.9 Å². The van der Waals surface area contributed by atoms with Crippen molar-refractivity contribution in [3.63, 3.8) is 0 Å². The Morgan fingerprint density at radius 2 is 1.87 bits per heavy atom. The summed E-state index contributed by atoms with van der Waals surface area (Å²) >= 11 is 0. The zero-order valence-corrected chi connectivity index (χ0v) is 22.6. The fourth-order valence-corrected chi connectivity index (χ4v) is 5.16. The van der Waals surface area contributed by atoms with Crippen LogP contribution in [0.2, 0.25) is 0 Å². The van der Waals surface area contributed by atoms with Crippen molar-refractivity contribution < 1.29 is 14.4 Å². The molecular weight excluding hydrogens is 492 g/mol. The van der Waals surface area contributed by atoms with Gasteiger partial charge < -0.3 is 19.3 Å². The lowest BCUT2D eigenvalue weighted by Gasteiger charge is -2.37. The smallest absolute Gasteiger partial charge is 0.165 e. The van der Waals surface area contributed by atoms with E-state index in [-0.39, 0.29) is 12.6 Å². The molecule has 1 N–H and O–H groups in total. The number of fused-ring (bicyclic) bond motifs is 1. The van der Waals surface area contributed by atoms with E-state index in [0.29, 0.717) is 25.6 Å². The maximum Gasteiger partial charge on any atom is 0.165 e. The molecule has 2 aromatic carbocycles. The van der Waals surface area contributed by atoms with Gasteiger partial charge in [0.1, 0.15) is 11.6 Å². The van der Waals surface area contributed by atoms with Crippen molar-refractivity contribution in [3.05, 3.63) is 77.9 Å². The van der Waals surface area contributed by atoms with Crippen LogP contribution in [0, 0.1) is 13.8 Å². The van der Waals surface area contributed by atoms with Crippen LogP contribution in [0.5, 0.6) is 0 Å². The molecular formula is C30H32N6O3. The summed E-state index contributed by atoms with van der Waals surface area (Å²) in [6.45, 7) is 9.59. The Hall–Kier alpha value is -4.08. The van der Waals surface area contributed by atoms with E-state index < -0.39 is 5.54 Å². The first-order chi connectivity index (χ1) is 18.9. The average Bonchev–Trinajstić information content (AvgIpc) is 3.60. The molecule has 0 aliphatic carbocycles. The highest BCUT2D eigenvalue weighted by Crippen LogP contribution is 2.37. The van der Waals surface area contributed by atoms with Crippen LogP contribution < -0.4 is 4.90 Å². The molecule has 3 aromatic heterocycles. The Bertz CT molecular complexity index is 1610. The maximum atomic E-state index is 9.84. The third-order valence-electron chi connectivity index (χ3n) is 7.43. The second kappa shape index (κ2) is 9.91. The van der Waals surface area contributed by atoms with E-state index in [4.69, 9.17) is 19.2 Å². The van der Waals surface area contributed by atoms with Crippen LogP contribution in [-0.2, 0) is 10.3 Å². The molecule has 0 bridgehead atoms. The largest absolute Gasteiger partial charge is 0.394 e. The average molecular weight is 525 g/mol. The number of rotatable bonds is 6. The summed E-state index contributed by atoms with van der Waals surface area (Å²) < 4.78 is 13.2. The first-order valence-electron chi connectivity index (χ1n) is 13.2. The van der Waals surface area contributed by atoms with Crippen molar-refractivity contribution in [1.29, 1.82) is 0 Å². The van der Waals surface area contributed by atoms with Gasteiger partial charge in [0.2, 0.25) is 0 Å². The van der Waals surface area contributed by atoms with Crippen LogP contribution >= 0.6 is 0 Å². The highest BCUT2D eigenvalue weighted by Gasteiger charge is 2.29. The lowest BCUT2D eigenvalue weighted by molar-refractivity contribution is 0.0939. The van der Waals surface area contributed by atoms with Crippen molar-refractivity contribution in [2.24, 2.45) is 0 Å². The third kappa shape index (κ3) is 4.57. The summed E-state index contributed by atoms with van der Waals surface area (Å²) in [6.07, 6.45) is 3.65. The van der Waals surface area contributed by atoms with Crippen molar-refractivity contribution in [1.82, 2.24) is 24.9 Å². The Morgan fingerprint density at radius 3 is 2.62 bits per heavy atom. The van der Waals surface area contributed by atoms with Gasteiger partial charge >= 0.3 is 0 Å². The third-order valence-corrected chi connectivity index (χ3v) is 7.43. The number of aliphatic hydroxyl groups excluding tert-OH is 1. The summed E-state index contributed by atoms with van der Waals surface area (Å²) in [7, 11) is 0. The molecule has 0 amide bonds. The molecule has 1 aliphatic rings. The predicted molar refractivity (Wildman–Crippen MR) is 149 cm³/mol. The van der Waals surface area contributed by atoms with E-state index in [0.717, 1.165) is 44.9 Å². The number of aliphatic hydroxyl groups is 1. The van der Waals surface area contributed by atoms with E-state index in [1.165, 1.54) is 5.56 Å². The summed E-state index contributed by atoms with van der Waals surface area (Å²) in [6, 6.07) is 16.6. The first-order valence-corrected chi connectivity index (χ1v) is 13.2. The Morgan fingerprint density at radius 1 is 1.05 bits per heavy atom. The van der Waals surface area contributed by atoms with E-state index >= 15 is 0 Å². The molecule has 9 nitrogen and oxygen atoms in total. The molecule has 0 spiro atoms. The number of nitrogens with zero attached hydrogens (tertiary/aromatic N) is 6. The zero-order chi connectivity index (χ0) is 27.1. The number of hydrogen-bond acceptors (Lipinski definition) is 8. The van der Waals surface area contributed by atoms with Gasteiger partial charge in [0.15, 0.2) is 5.82 Å². The van der Waals surface area contributed by atoms with Crippen LogP contribution in [0.3, 0.4) is 0 Å². The Balaban J connectivity index is 1.55. The standard InChI is InChI=1S/C30H32N6O3/c1-19-27(20(2)39-34-19)22-10-11-25-24(14-22)29(35-12-13-38-17-26(35)21-8-6-5-7-9-21)33-28(32-25)23-15-31-36(16-23)30(3,4)18-37/h5-11,14-16,26,37H,12-13,17-18H2,1-4H3/t26-/m1/s1. The lowest BCUT2D eigenvalue weighted by atomic mass is 10.0. The van der Waals surface area contributed by atoms with Gasteiger partial charge in [-0.15, -0.1) is 0 Å². The number of aromatic nitrogens is 5. The van der Waals surface area contributed by atoms with Gasteiger partial charge in [-0.2, -0.15) is 5.10 Å². The second-order valence-electron chi connectivity index (χ2n) is 10.6. The monoisotopic (exact) mass is 524 g/mol. The van der Waals surface area contributed by atoms with E-state index in [9.17, 15) is 5.11 Å². The normalized spacial score (nSPS) is 16.2. The minimum Gasteiger partial charge on any atom is -0.394 e. The summed E-state index contributed by atoms with van der Waals surface area (Å²) in [5, 5.41) is 19.5. The highest BCUT2D eigenvalue weighted by atomic mass is 16.5. The van der Waals surface area contributed by atoms with Gasteiger partial charge in [0.05, 0.1) is 54.4 Å². The molecule has 6 rings (SSSR count). The molecule has 0 unspecified atom stereocenters. The zero-order valence-electron chi connectivity index (χ0n) is 22.6. The molecule has 39 heavy (non-hydrogen) atoms. The van der Waals surface area contributed by atoms with Crippen molar-refractivity contribution in [2.75, 3.05) is 31.3 Å². The van der Waals surface area contributed by atoms with Gasteiger partial charge in [-0.05, 0) is 51.0 Å². The molecule has 200 valence electrons. The van der Waals surface area contributed by atoms with E-state index in [1.807, 2.05) is 46.0 Å². The SMILES string of the molecule is Cc1noc(C)c1-c1ccc2nc(-c3cnn(C(C)(C)CO)c3)nc(N3CCOC[C@@H]3c3ccccc3)c2c1. The van der Waals surface area contributed by atoms with Gasteiger partial charge in [0.25, 0.3) is 0 Å². The van der Waals surface area contributed by atoms with Crippen LogP contribution in [0.4, 0.5) is 5.82 Å². The van der Waals surface area contributed by atoms with Crippen molar-refractivity contribution in [2.45, 2.75) is 39.3 Å². The van der Waals surface area contributed by atoms with E-state index in [1.54, 1.807) is 10.9 Å². The number of hydrogen-bond donors (Lipinski definition) is 1. The minimum absolute atomic E-state index is 0.00432. The fourth-order valence-electron chi connectivity index (χ4n) is 5.16. The predicted octanol–water partition coefficient (Wildman–Crippen LogP) is 5.07. The Labute approximate surface area is 227 Å². The Kier molecular flexibility index (Phi) is 6.40. The molecule has 1 atom stereocenters. The molecule has 0 radical (unpaired) electrons. The molecule has 0 saturated carbocycles. The van der Waals surface area contributed by atoms with E-state index in [2.05, 4.69) is 51.6 Å². The van der Waals surface area contributed by atoms with Crippen molar-refractivity contribution >= 4 is 16.7 Å². The maximum absolute atomic E-state index is 9.84. The number of ether oxygens (including phenoxy) is 1. The van der Waals surface area contributed by atoms with Crippen LogP contribution in [0.25, 0.3) is 33.4 Å². The minimum atomic E-state index is -0.538.